The number of hydrogen-bond donors (Lipinski definition) is 0. The predicted octanol–water partition coefficient (Wildman–Crippen LogP) is 2.10. The van der Waals surface area contributed by atoms with Gasteiger partial charge in [0, 0.05) is 11.0 Å². The van der Waals surface area contributed by atoms with Gasteiger partial charge in [0.25, 0.3) is 0 Å². The van der Waals surface area contributed by atoms with E-state index in [1.165, 1.54) is 7.11 Å². The highest BCUT2D eigenvalue weighted by Crippen LogP contribution is 2.45. The zero-order valence-corrected chi connectivity index (χ0v) is 10.1. The lowest BCUT2D eigenvalue weighted by atomic mass is 9.81. The quantitative estimate of drug-likeness (QED) is 0.577. The van der Waals surface area contributed by atoms with E-state index in [1.807, 2.05) is 38.1 Å². The fourth-order valence-corrected chi connectivity index (χ4v) is 2.46. The third kappa shape index (κ3) is 1.50. The molecule has 1 aliphatic rings. The second-order valence-corrected chi connectivity index (χ2v) is 4.57. The monoisotopic (exact) mass is 230 g/mol. The van der Waals surface area contributed by atoms with Crippen molar-refractivity contribution in [2.24, 2.45) is 0 Å². The summed E-state index contributed by atoms with van der Waals surface area (Å²) in [6, 6.07) is 7.56. The van der Waals surface area contributed by atoms with E-state index in [-0.39, 0.29) is 0 Å². The molecule has 0 unspecified atom stereocenters. The number of carbonyl (C=O) groups is 2. The van der Waals surface area contributed by atoms with Crippen LogP contribution in [0.4, 0.5) is 0 Å². The summed E-state index contributed by atoms with van der Waals surface area (Å²) in [4.78, 5) is 23.1. The molecule has 2 rings (SSSR count). The van der Waals surface area contributed by atoms with Gasteiger partial charge in [0.2, 0.25) is 0 Å². The zero-order valence-electron chi connectivity index (χ0n) is 10.1. The third-order valence-corrected chi connectivity index (χ3v) is 3.29. The number of rotatable bonds is 2. The standard InChI is InChI=1S/C14H14O3/c1-14(2)11-7-5-4-6-9(11)10(8-15)12(14)13(16)17-3/h4-8H,1-3H3. The number of ether oxygens (including phenoxy) is 1. The van der Waals surface area contributed by atoms with Gasteiger partial charge in [-0.1, -0.05) is 38.1 Å². The molecule has 0 atom stereocenters. The van der Waals surface area contributed by atoms with Gasteiger partial charge in [-0.05, 0) is 11.1 Å². The van der Waals surface area contributed by atoms with Crippen molar-refractivity contribution in [1.82, 2.24) is 0 Å². The molecule has 0 heterocycles. The minimum Gasteiger partial charge on any atom is -0.466 e. The summed E-state index contributed by atoms with van der Waals surface area (Å²) < 4.78 is 4.78. The molecule has 0 radical (unpaired) electrons. The van der Waals surface area contributed by atoms with Crippen molar-refractivity contribution in [2.45, 2.75) is 19.3 Å². The molecule has 0 spiro atoms. The molecule has 3 heteroatoms. The molecule has 88 valence electrons. The lowest BCUT2D eigenvalue weighted by molar-refractivity contribution is -0.136. The van der Waals surface area contributed by atoms with E-state index in [4.69, 9.17) is 4.74 Å². The Morgan fingerprint density at radius 1 is 1.29 bits per heavy atom. The lowest BCUT2D eigenvalue weighted by Crippen LogP contribution is -2.24. The Hall–Kier alpha value is -1.90. The van der Waals surface area contributed by atoms with Crippen LogP contribution in [0.2, 0.25) is 0 Å². The average Bonchev–Trinajstić information content (AvgIpc) is 2.57. The Kier molecular flexibility index (Phi) is 2.62. The highest BCUT2D eigenvalue weighted by Gasteiger charge is 2.41. The van der Waals surface area contributed by atoms with Crippen molar-refractivity contribution < 1.29 is 14.3 Å². The number of benzene rings is 1. The number of hydrogen-bond acceptors (Lipinski definition) is 3. The molecule has 1 aliphatic carbocycles. The number of esters is 1. The first-order valence-corrected chi connectivity index (χ1v) is 5.42. The molecule has 0 saturated carbocycles. The summed E-state index contributed by atoms with van der Waals surface area (Å²) in [6.07, 6.45) is 0.736. The van der Waals surface area contributed by atoms with Crippen LogP contribution in [0, 0.1) is 0 Å². The first kappa shape index (κ1) is 11.6. The molecule has 0 saturated heterocycles. The van der Waals surface area contributed by atoms with Gasteiger partial charge in [0.05, 0.1) is 12.7 Å². The van der Waals surface area contributed by atoms with E-state index >= 15 is 0 Å². The van der Waals surface area contributed by atoms with Crippen molar-refractivity contribution in [3.8, 4) is 0 Å². The molecule has 0 N–H and O–H groups in total. The van der Waals surface area contributed by atoms with E-state index in [9.17, 15) is 9.59 Å². The molecule has 1 aromatic carbocycles. The van der Waals surface area contributed by atoms with Crippen LogP contribution < -0.4 is 0 Å². The summed E-state index contributed by atoms with van der Waals surface area (Å²) in [7, 11) is 1.33. The van der Waals surface area contributed by atoms with Gasteiger partial charge >= 0.3 is 5.97 Å². The molecule has 0 bridgehead atoms. The Morgan fingerprint density at radius 3 is 2.53 bits per heavy atom. The minimum absolute atomic E-state index is 0.437. The van der Waals surface area contributed by atoms with Crippen LogP contribution >= 0.6 is 0 Å². The molecule has 0 fully saturated rings. The molecule has 0 amide bonds. The number of carbonyl (C=O) groups excluding carboxylic acids is 2. The van der Waals surface area contributed by atoms with E-state index < -0.39 is 11.4 Å². The van der Waals surface area contributed by atoms with Gasteiger partial charge in [-0.3, -0.25) is 4.79 Å². The first-order chi connectivity index (χ1) is 8.04. The molecule has 3 nitrogen and oxygen atoms in total. The highest BCUT2D eigenvalue weighted by molar-refractivity contribution is 6.20. The van der Waals surface area contributed by atoms with Gasteiger partial charge in [0.15, 0.2) is 6.29 Å². The Morgan fingerprint density at radius 2 is 1.94 bits per heavy atom. The molecule has 17 heavy (non-hydrogen) atoms. The molecular weight excluding hydrogens is 216 g/mol. The van der Waals surface area contributed by atoms with Crippen LogP contribution in [-0.2, 0) is 19.7 Å². The summed E-state index contributed by atoms with van der Waals surface area (Å²) in [5, 5.41) is 0. The van der Waals surface area contributed by atoms with Gasteiger partial charge < -0.3 is 4.74 Å². The summed E-state index contributed by atoms with van der Waals surface area (Å²) in [6.45, 7) is 3.85. The SMILES string of the molecule is COC(=O)C1=C(C=O)c2ccccc2C1(C)C. The second kappa shape index (κ2) is 3.84. The fraction of sp³-hybridized carbons (Fsp3) is 0.286. The van der Waals surface area contributed by atoms with Gasteiger partial charge in [0.1, 0.15) is 0 Å². The maximum Gasteiger partial charge on any atom is 0.335 e. The third-order valence-electron chi connectivity index (χ3n) is 3.29. The predicted molar refractivity (Wildman–Crippen MR) is 64.5 cm³/mol. The fourth-order valence-electron chi connectivity index (χ4n) is 2.46. The largest absolute Gasteiger partial charge is 0.466 e. The van der Waals surface area contributed by atoms with Crippen molar-refractivity contribution in [2.75, 3.05) is 7.11 Å². The molecule has 0 aromatic heterocycles. The van der Waals surface area contributed by atoms with E-state index in [0.717, 1.165) is 17.4 Å². The van der Waals surface area contributed by atoms with Gasteiger partial charge in [-0.15, -0.1) is 0 Å². The van der Waals surface area contributed by atoms with E-state index in [2.05, 4.69) is 0 Å². The van der Waals surface area contributed by atoms with Gasteiger partial charge in [-0.25, -0.2) is 4.79 Å². The lowest BCUT2D eigenvalue weighted by Gasteiger charge is -2.22. The number of methoxy groups -OCH3 is 1. The van der Waals surface area contributed by atoms with Crippen LogP contribution in [0.5, 0.6) is 0 Å². The first-order valence-electron chi connectivity index (χ1n) is 5.42. The van der Waals surface area contributed by atoms with E-state index in [0.29, 0.717) is 11.1 Å². The normalized spacial score (nSPS) is 16.6. The van der Waals surface area contributed by atoms with Crippen LogP contribution in [0.1, 0.15) is 25.0 Å². The average molecular weight is 230 g/mol. The topological polar surface area (TPSA) is 43.4 Å². The minimum atomic E-state index is -0.486. The summed E-state index contributed by atoms with van der Waals surface area (Å²) in [5.41, 5.74) is 2.21. The number of aldehydes is 1. The maximum atomic E-state index is 11.8. The summed E-state index contributed by atoms with van der Waals surface area (Å²) >= 11 is 0. The molecular formula is C14H14O3. The highest BCUT2D eigenvalue weighted by atomic mass is 16.5. The van der Waals surface area contributed by atoms with Crippen molar-refractivity contribution in [3.05, 3.63) is 41.0 Å². The Bertz CT molecular complexity index is 524. The van der Waals surface area contributed by atoms with Crippen LogP contribution in [0.15, 0.2) is 29.8 Å². The van der Waals surface area contributed by atoms with E-state index in [1.54, 1.807) is 0 Å². The zero-order chi connectivity index (χ0) is 12.6. The number of fused-ring (bicyclic) bond motifs is 1. The van der Waals surface area contributed by atoms with Crippen LogP contribution in [-0.4, -0.2) is 19.4 Å². The Balaban J connectivity index is 2.73. The Labute approximate surface area is 100 Å². The van der Waals surface area contributed by atoms with Crippen molar-refractivity contribution in [1.29, 1.82) is 0 Å². The molecule has 1 aromatic rings. The van der Waals surface area contributed by atoms with Crippen molar-refractivity contribution >= 4 is 17.8 Å². The van der Waals surface area contributed by atoms with Gasteiger partial charge in [-0.2, -0.15) is 0 Å². The van der Waals surface area contributed by atoms with Crippen molar-refractivity contribution in [3.63, 3.8) is 0 Å². The van der Waals surface area contributed by atoms with Crippen LogP contribution in [0.3, 0.4) is 0 Å². The number of allylic oxidation sites excluding steroid dienone is 1. The molecule has 0 aliphatic heterocycles. The summed E-state index contributed by atoms with van der Waals surface area (Å²) in [5.74, 6) is -0.437. The van der Waals surface area contributed by atoms with Crippen LogP contribution in [0.25, 0.3) is 5.57 Å². The second-order valence-electron chi connectivity index (χ2n) is 4.57. The maximum absolute atomic E-state index is 11.8. The smallest absolute Gasteiger partial charge is 0.335 e.